The summed E-state index contributed by atoms with van der Waals surface area (Å²) < 4.78 is 25.3. The fourth-order valence-electron chi connectivity index (χ4n) is 1.74. The van der Waals surface area contributed by atoms with Crippen molar-refractivity contribution in [3.8, 4) is 0 Å². The van der Waals surface area contributed by atoms with Gasteiger partial charge in [-0.05, 0) is 30.9 Å². The lowest BCUT2D eigenvalue weighted by Crippen LogP contribution is -2.37. The van der Waals surface area contributed by atoms with E-state index in [4.69, 9.17) is 5.11 Å². The Morgan fingerprint density at radius 2 is 1.89 bits per heavy atom. The van der Waals surface area contributed by atoms with Gasteiger partial charge < -0.3 is 5.11 Å². The molecule has 1 N–H and O–H groups in total. The van der Waals surface area contributed by atoms with E-state index in [9.17, 15) is 13.2 Å². The maximum Gasteiger partial charge on any atom is 0.324 e. The third kappa shape index (κ3) is 3.22. The molecule has 2 rings (SSSR count). The van der Waals surface area contributed by atoms with Gasteiger partial charge in [-0.1, -0.05) is 18.2 Å². The van der Waals surface area contributed by atoms with Crippen molar-refractivity contribution in [3.05, 3.63) is 30.3 Å². The first kappa shape index (κ1) is 12.9. The van der Waals surface area contributed by atoms with Gasteiger partial charge in [0.2, 0.25) is 10.0 Å². The number of hydrogen-bond acceptors (Lipinski definition) is 3. The average Bonchev–Trinajstić information content (AvgIpc) is 3.10. The van der Waals surface area contributed by atoms with E-state index in [1.807, 2.05) is 0 Å². The average molecular weight is 269 g/mol. The lowest BCUT2D eigenvalue weighted by Gasteiger charge is -2.22. The summed E-state index contributed by atoms with van der Waals surface area (Å²) >= 11 is 0. The fourth-order valence-corrected chi connectivity index (χ4v) is 3.60. The van der Waals surface area contributed by atoms with E-state index >= 15 is 0 Å². The van der Waals surface area contributed by atoms with E-state index in [0.717, 1.165) is 17.1 Å². The summed E-state index contributed by atoms with van der Waals surface area (Å²) in [5.74, 6) is -0.928. The Hall–Kier alpha value is -1.56. The van der Waals surface area contributed by atoms with Crippen molar-refractivity contribution in [3.63, 3.8) is 0 Å². The monoisotopic (exact) mass is 269 g/mol. The number of hydrogen-bond donors (Lipinski definition) is 1. The molecule has 1 aromatic rings. The van der Waals surface area contributed by atoms with Gasteiger partial charge in [-0.2, -0.15) is 0 Å². The van der Waals surface area contributed by atoms with E-state index in [0.29, 0.717) is 5.69 Å². The SMILES string of the molecule is O=C(O)CN(c1ccccc1)S(=O)(=O)CC1CC1. The summed E-state index contributed by atoms with van der Waals surface area (Å²) in [6.07, 6.45) is 1.82. The van der Waals surface area contributed by atoms with Crippen LogP contribution in [0, 0.1) is 5.92 Å². The minimum Gasteiger partial charge on any atom is -0.480 e. The molecule has 1 aliphatic carbocycles. The Labute approximate surface area is 106 Å². The number of carboxylic acids is 1. The summed E-state index contributed by atoms with van der Waals surface area (Å²) in [5, 5.41) is 8.85. The molecule has 6 heteroatoms. The van der Waals surface area contributed by atoms with Crippen molar-refractivity contribution in [1.29, 1.82) is 0 Å². The largest absolute Gasteiger partial charge is 0.480 e. The number of carbonyl (C=O) groups is 1. The molecule has 1 saturated carbocycles. The third-order valence-electron chi connectivity index (χ3n) is 2.80. The van der Waals surface area contributed by atoms with Gasteiger partial charge >= 0.3 is 5.97 Å². The normalized spacial score (nSPS) is 15.3. The van der Waals surface area contributed by atoms with Gasteiger partial charge in [0.1, 0.15) is 6.54 Å². The van der Waals surface area contributed by atoms with Gasteiger partial charge in [0, 0.05) is 0 Å². The van der Waals surface area contributed by atoms with E-state index in [1.54, 1.807) is 30.3 Å². The highest BCUT2D eigenvalue weighted by Crippen LogP contribution is 2.32. The highest BCUT2D eigenvalue weighted by Gasteiger charge is 2.33. The second-order valence-electron chi connectivity index (χ2n) is 4.46. The van der Waals surface area contributed by atoms with Crippen LogP contribution in [0.2, 0.25) is 0 Å². The molecular weight excluding hydrogens is 254 g/mol. The molecule has 0 amide bonds. The van der Waals surface area contributed by atoms with Gasteiger partial charge in [0.25, 0.3) is 0 Å². The summed E-state index contributed by atoms with van der Waals surface area (Å²) in [6.45, 7) is -0.529. The van der Waals surface area contributed by atoms with Crippen LogP contribution in [0.25, 0.3) is 0 Å². The van der Waals surface area contributed by atoms with Gasteiger partial charge in [-0.15, -0.1) is 0 Å². The summed E-state index contributed by atoms with van der Waals surface area (Å²) in [6, 6.07) is 8.35. The molecule has 0 aliphatic heterocycles. The van der Waals surface area contributed by atoms with Gasteiger partial charge in [-0.25, -0.2) is 8.42 Å². The number of anilines is 1. The molecule has 0 unspecified atom stereocenters. The second kappa shape index (κ2) is 4.97. The minimum absolute atomic E-state index is 0.0369. The van der Waals surface area contributed by atoms with E-state index in [2.05, 4.69) is 0 Å². The molecule has 0 aromatic heterocycles. The van der Waals surface area contributed by atoms with Crippen LogP contribution in [-0.2, 0) is 14.8 Å². The van der Waals surface area contributed by atoms with Crippen molar-refractivity contribution in [2.24, 2.45) is 5.92 Å². The number of nitrogens with zero attached hydrogens (tertiary/aromatic N) is 1. The van der Waals surface area contributed by atoms with Crippen LogP contribution in [0.3, 0.4) is 0 Å². The molecule has 1 fully saturated rings. The van der Waals surface area contributed by atoms with Crippen LogP contribution in [0.15, 0.2) is 30.3 Å². The van der Waals surface area contributed by atoms with Gasteiger partial charge in [0.05, 0.1) is 11.4 Å². The molecule has 0 atom stereocenters. The van der Waals surface area contributed by atoms with Crippen LogP contribution in [0.5, 0.6) is 0 Å². The van der Waals surface area contributed by atoms with Crippen LogP contribution in [0.1, 0.15) is 12.8 Å². The van der Waals surface area contributed by atoms with E-state index in [-0.39, 0.29) is 11.7 Å². The second-order valence-corrected chi connectivity index (χ2v) is 6.40. The first-order valence-corrected chi connectivity index (χ1v) is 7.37. The van der Waals surface area contributed by atoms with Gasteiger partial charge in [0.15, 0.2) is 0 Å². The molecule has 98 valence electrons. The highest BCUT2D eigenvalue weighted by atomic mass is 32.2. The molecule has 0 spiro atoms. The van der Waals surface area contributed by atoms with Crippen molar-refractivity contribution in [1.82, 2.24) is 0 Å². The zero-order valence-electron chi connectivity index (χ0n) is 9.82. The molecule has 0 radical (unpaired) electrons. The maximum absolute atomic E-state index is 12.2. The van der Waals surface area contributed by atoms with Crippen LogP contribution >= 0.6 is 0 Å². The van der Waals surface area contributed by atoms with Gasteiger partial charge in [-0.3, -0.25) is 9.10 Å². The first-order chi connectivity index (χ1) is 8.49. The lowest BCUT2D eigenvalue weighted by atomic mass is 10.3. The number of para-hydroxylation sites is 1. The number of aliphatic carboxylic acids is 1. The lowest BCUT2D eigenvalue weighted by molar-refractivity contribution is -0.135. The van der Waals surface area contributed by atoms with Crippen molar-refractivity contribution >= 4 is 21.7 Å². The van der Waals surface area contributed by atoms with Crippen molar-refractivity contribution in [2.75, 3.05) is 16.6 Å². The molecule has 0 heterocycles. The molecule has 5 nitrogen and oxygen atoms in total. The molecule has 18 heavy (non-hydrogen) atoms. The number of rotatable bonds is 6. The first-order valence-electron chi connectivity index (χ1n) is 5.76. The zero-order chi connectivity index (χ0) is 13.2. The fraction of sp³-hybridized carbons (Fsp3) is 0.417. The van der Waals surface area contributed by atoms with Crippen molar-refractivity contribution in [2.45, 2.75) is 12.8 Å². The van der Waals surface area contributed by atoms with Crippen LogP contribution in [-0.4, -0.2) is 31.8 Å². The molecule has 0 bridgehead atoms. The highest BCUT2D eigenvalue weighted by molar-refractivity contribution is 7.92. The Balaban J connectivity index is 2.26. The van der Waals surface area contributed by atoms with E-state index < -0.39 is 22.5 Å². The number of benzene rings is 1. The molecule has 1 aromatic carbocycles. The zero-order valence-corrected chi connectivity index (χ0v) is 10.6. The summed E-state index contributed by atoms with van der Waals surface area (Å²) in [5.41, 5.74) is 0.403. The third-order valence-corrected chi connectivity index (χ3v) is 4.71. The quantitative estimate of drug-likeness (QED) is 0.845. The summed E-state index contributed by atoms with van der Waals surface area (Å²) in [7, 11) is -3.55. The van der Waals surface area contributed by atoms with Crippen LogP contribution < -0.4 is 4.31 Å². The Morgan fingerprint density at radius 1 is 1.28 bits per heavy atom. The predicted molar refractivity (Wildman–Crippen MR) is 67.9 cm³/mol. The van der Waals surface area contributed by atoms with Crippen LogP contribution in [0.4, 0.5) is 5.69 Å². The smallest absolute Gasteiger partial charge is 0.324 e. The number of sulfonamides is 1. The molecule has 1 aliphatic rings. The predicted octanol–water partition coefficient (Wildman–Crippen LogP) is 1.32. The number of carboxylic acid groups (broad SMARTS) is 1. The molecular formula is C12H15NO4S. The Bertz CT molecular complexity index is 522. The molecule has 0 saturated heterocycles. The minimum atomic E-state index is -3.55. The standard InChI is InChI=1S/C12H15NO4S/c14-12(15)8-13(11-4-2-1-3-5-11)18(16,17)9-10-6-7-10/h1-5,10H,6-9H2,(H,14,15). The van der Waals surface area contributed by atoms with E-state index in [1.165, 1.54) is 0 Å². The Morgan fingerprint density at radius 3 is 2.39 bits per heavy atom. The Kier molecular flexibility index (Phi) is 3.56. The summed E-state index contributed by atoms with van der Waals surface area (Å²) in [4.78, 5) is 10.8. The van der Waals surface area contributed by atoms with Crippen molar-refractivity contribution < 1.29 is 18.3 Å². The topological polar surface area (TPSA) is 74.7 Å². The maximum atomic E-state index is 12.2.